The van der Waals surface area contributed by atoms with Gasteiger partial charge in [0.2, 0.25) is 0 Å². The Morgan fingerprint density at radius 1 is 0.261 bits per heavy atom. The molecule has 1 heterocycles. The van der Waals surface area contributed by atoms with E-state index in [1.807, 2.05) is 18.2 Å². The molecule has 0 N–H and O–H groups in total. The van der Waals surface area contributed by atoms with Gasteiger partial charge in [-0.15, -0.1) is 0 Å². The van der Waals surface area contributed by atoms with Crippen LogP contribution in [0.1, 0.15) is 0 Å². The summed E-state index contributed by atoms with van der Waals surface area (Å²) in [6.45, 7) is 0. The molecule has 46 heavy (non-hydrogen) atoms. The summed E-state index contributed by atoms with van der Waals surface area (Å²) in [6.07, 6.45) is 0. The first kappa shape index (κ1) is 26.2. The van der Waals surface area contributed by atoms with Gasteiger partial charge in [0.25, 0.3) is 0 Å². The van der Waals surface area contributed by atoms with Crippen molar-refractivity contribution in [1.29, 1.82) is 0 Å². The molecule has 0 aliphatic carbocycles. The zero-order valence-electron chi connectivity index (χ0n) is 24.9. The van der Waals surface area contributed by atoms with Gasteiger partial charge in [0.05, 0.1) is 0 Å². The molecule has 0 aliphatic rings. The zero-order valence-corrected chi connectivity index (χ0v) is 24.9. The van der Waals surface area contributed by atoms with Crippen molar-refractivity contribution in [2.45, 2.75) is 0 Å². The SMILES string of the molecule is c1ccc(-c2nc(-c3cccc4c(-c5cccc6ccccc56)cccc34)nc(-c3cc4ccccc4c4ccccc34)n2)cc1. The fourth-order valence-electron chi connectivity index (χ4n) is 6.77. The number of benzene rings is 8. The average molecular weight is 586 g/mol. The smallest absolute Gasteiger partial charge is 0.164 e. The Morgan fingerprint density at radius 2 is 0.717 bits per heavy atom. The molecular formula is C43H27N3. The molecule has 0 atom stereocenters. The van der Waals surface area contributed by atoms with Crippen molar-refractivity contribution in [1.82, 2.24) is 15.0 Å². The molecule has 0 unspecified atom stereocenters. The third-order valence-electron chi connectivity index (χ3n) is 8.92. The molecule has 0 radical (unpaired) electrons. The molecule has 9 rings (SSSR count). The van der Waals surface area contributed by atoms with Crippen LogP contribution in [-0.2, 0) is 0 Å². The minimum absolute atomic E-state index is 0.653. The molecule has 0 spiro atoms. The van der Waals surface area contributed by atoms with Crippen LogP contribution in [0.5, 0.6) is 0 Å². The largest absolute Gasteiger partial charge is 0.208 e. The lowest BCUT2D eigenvalue weighted by Gasteiger charge is -2.14. The van der Waals surface area contributed by atoms with Crippen LogP contribution in [0, 0.1) is 0 Å². The van der Waals surface area contributed by atoms with E-state index in [0.29, 0.717) is 17.5 Å². The van der Waals surface area contributed by atoms with E-state index in [2.05, 4.69) is 146 Å². The lowest BCUT2D eigenvalue weighted by Crippen LogP contribution is -2.01. The van der Waals surface area contributed by atoms with Crippen molar-refractivity contribution in [3.8, 4) is 45.3 Å². The van der Waals surface area contributed by atoms with E-state index in [4.69, 9.17) is 15.0 Å². The Kier molecular flexibility index (Phi) is 6.14. The van der Waals surface area contributed by atoms with Crippen molar-refractivity contribution < 1.29 is 0 Å². The molecule has 0 aliphatic heterocycles. The van der Waals surface area contributed by atoms with Crippen molar-refractivity contribution >= 4 is 43.1 Å². The topological polar surface area (TPSA) is 38.7 Å². The van der Waals surface area contributed by atoms with Crippen LogP contribution in [0.4, 0.5) is 0 Å². The second-order valence-corrected chi connectivity index (χ2v) is 11.6. The molecule has 8 aromatic carbocycles. The average Bonchev–Trinajstić information content (AvgIpc) is 3.14. The molecule has 3 nitrogen and oxygen atoms in total. The molecule has 9 aromatic rings. The monoisotopic (exact) mass is 585 g/mol. The predicted molar refractivity (Wildman–Crippen MR) is 192 cm³/mol. The van der Waals surface area contributed by atoms with E-state index in [1.165, 1.54) is 32.7 Å². The zero-order chi connectivity index (χ0) is 30.5. The summed E-state index contributed by atoms with van der Waals surface area (Å²) < 4.78 is 0. The van der Waals surface area contributed by atoms with Crippen molar-refractivity contribution in [2.75, 3.05) is 0 Å². The quantitative estimate of drug-likeness (QED) is 0.193. The van der Waals surface area contributed by atoms with Crippen LogP contribution >= 0.6 is 0 Å². The molecular weight excluding hydrogens is 558 g/mol. The second-order valence-electron chi connectivity index (χ2n) is 11.6. The molecule has 3 heteroatoms. The van der Waals surface area contributed by atoms with E-state index in [1.54, 1.807) is 0 Å². The van der Waals surface area contributed by atoms with Gasteiger partial charge in [-0.25, -0.2) is 15.0 Å². The highest BCUT2D eigenvalue weighted by atomic mass is 15.0. The van der Waals surface area contributed by atoms with Crippen LogP contribution < -0.4 is 0 Å². The van der Waals surface area contributed by atoms with Gasteiger partial charge in [-0.05, 0) is 60.3 Å². The van der Waals surface area contributed by atoms with Crippen molar-refractivity contribution in [3.05, 3.63) is 164 Å². The lowest BCUT2D eigenvalue weighted by atomic mass is 9.92. The van der Waals surface area contributed by atoms with Gasteiger partial charge in [-0.2, -0.15) is 0 Å². The number of nitrogens with zero attached hydrogens (tertiary/aromatic N) is 3. The highest BCUT2D eigenvalue weighted by molar-refractivity contribution is 6.13. The molecule has 214 valence electrons. The van der Waals surface area contributed by atoms with Crippen molar-refractivity contribution in [3.63, 3.8) is 0 Å². The van der Waals surface area contributed by atoms with Crippen LogP contribution in [0.3, 0.4) is 0 Å². The van der Waals surface area contributed by atoms with E-state index in [-0.39, 0.29) is 0 Å². The van der Waals surface area contributed by atoms with Gasteiger partial charge < -0.3 is 0 Å². The van der Waals surface area contributed by atoms with E-state index in [9.17, 15) is 0 Å². The number of rotatable bonds is 4. The summed E-state index contributed by atoms with van der Waals surface area (Å²) in [5.74, 6) is 1.97. The minimum Gasteiger partial charge on any atom is -0.208 e. The number of aromatic nitrogens is 3. The summed E-state index contributed by atoms with van der Waals surface area (Å²) in [6, 6.07) is 57.5. The van der Waals surface area contributed by atoms with Gasteiger partial charge in [0.1, 0.15) is 0 Å². The van der Waals surface area contributed by atoms with Gasteiger partial charge in [-0.1, -0.05) is 158 Å². The maximum absolute atomic E-state index is 5.24. The lowest BCUT2D eigenvalue weighted by molar-refractivity contribution is 1.08. The van der Waals surface area contributed by atoms with E-state index >= 15 is 0 Å². The number of fused-ring (bicyclic) bond motifs is 5. The minimum atomic E-state index is 0.653. The van der Waals surface area contributed by atoms with Crippen molar-refractivity contribution in [2.24, 2.45) is 0 Å². The first-order valence-electron chi connectivity index (χ1n) is 15.5. The molecule has 0 amide bonds. The number of hydrogen-bond acceptors (Lipinski definition) is 3. The van der Waals surface area contributed by atoms with Crippen LogP contribution in [-0.4, -0.2) is 15.0 Å². The van der Waals surface area contributed by atoms with Crippen LogP contribution in [0.15, 0.2) is 164 Å². The Labute approximate surface area is 266 Å². The fraction of sp³-hybridized carbons (Fsp3) is 0. The van der Waals surface area contributed by atoms with Gasteiger partial charge in [-0.3, -0.25) is 0 Å². The third kappa shape index (κ3) is 4.33. The summed E-state index contributed by atoms with van der Waals surface area (Å²) >= 11 is 0. The standard InChI is InChI=1S/C43H27N3/c1-2-14-29(15-3-1)41-44-42(46-43(45-41)40-27-30-16-5-7-19-32(30)33-20-8-9-21-38(33)40)39-26-12-24-36-35(23-11-25-37(36)39)34-22-10-17-28-13-4-6-18-31(28)34/h1-27H. The Hall–Kier alpha value is -6.19. The highest BCUT2D eigenvalue weighted by Crippen LogP contribution is 2.39. The maximum Gasteiger partial charge on any atom is 0.164 e. The highest BCUT2D eigenvalue weighted by Gasteiger charge is 2.18. The second kappa shape index (κ2) is 10.8. The molecule has 0 fully saturated rings. The Morgan fingerprint density at radius 3 is 1.50 bits per heavy atom. The summed E-state index contributed by atoms with van der Waals surface area (Å²) in [4.78, 5) is 15.5. The van der Waals surface area contributed by atoms with E-state index < -0.39 is 0 Å². The fourth-order valence-corrected chi connectivity index (χ4v) is 6.77. The van der Waals surface area contributed by atoms with Gasteiger partial charge in [0, 0.05) is 16.7 Å². The summed E-state index contributed by atoms with van der Waals surface area (Å²) in [5, 5.41) is 9.41. The predicted octanol–water partition coefficient (Wildman–Crippen LogP) is 11.2. The molecule has 0 saturated heterocycles. The van der Waals surface area contributed by atoms with Gasteiger partial charge in [0.15, 0.2) is 17.5 Å². The van der Waals surface area contributed by atoms with Crippen LogP contribution in [0.2, 0.25) is 0 Å². The first-order valence-corrected chi connectivity index (χ1v) is 15.5. The summed E-state index contributed by atoms with van der Waals surface area (Å²) in [5.41, 5.74) is 5.32. The van der Waals surface area contributed by atoms with Gasteiger partial charge >= 0.3 is 0 Å². The van der Waals surface area contributed by atoms with E-state index in [0.717, 1.165) is 38.2 Å². The first-order chi connectivity index (χ1) is 22.8. The Balaban J connectivity index is 1.31. The summed E-state index contributed by atoms with van der Waals surface area (Å²) in [7, 11) is 0. The molecule has 1 aromatic heterocycles. The van der Waals surface area contributed by atoms with Crippen LogP contribution in [0.25, 0.3) is 88.4 Å². The maximum atomic E-state index is 5.24. The normalized spacial score (nSPS) is 11.5. The molecule has 0 bridgehead atoms. The number of hydrogen-bond donors (Lipinski definition) is 0. The third-order valence-corrected chi connectivity index (χ3v) is 8.92. The Bertz CT molecular complexity index is 2580. The molecule has 0 saturated carbocycles.